The number of nitro groups is 1. The van der Waals surface area contributed by atoms with E-state index >= 15 is 0 Å². The quantitative estimate of drug-likeness (QED) is 0.545. The lowest BCUT2D eigenvalue weighted by molar-refractivity contribution is -0.384. The number of ether oxygens (including phenoxy) is 1. The Hall–Kier alpha value is -3.51. The van der Waals surface area contributed by atoms with Gasteiger partial charge in [-0.25, -0.2) is 0 Å². The minimum Gasteiger partial charge on any atom is -0.497 e. The first-order chi connectivity index (χ1) is 14.5. The van der Waals surface area contributed by atoms with Gasteiger partial charge in [-0.1, -0.05) is 23.9 Å². The molecule has 0 radical (unpaired) electrons. The predicted octanol–water partition coefficient (Wildman–Crippen LogP) is 3.82. The van der Waals surface area contributed by atoms with E-state index < -0.39 is 10.8 Å². The lowest BCUT2D eigenvalue weighted by Gasteiger charge is -2.42. The highest BCUT2D eigenvalue weighted by Crippen LogP contribution is 2.43. The van der Waals surface area contributed by atoms with Gasteiger partial charge in [0.15, 0.2) is 0 Å². The average Bonchev–Trinajstić information content (AvgIpc) is 2.79. The van der Waals surface area contributed by atoms with E-state index in [4.69, 9.17) is 4.74 Å². The molecular weight excluding hydrogens is 404 g/mol. The number of thioether (sulfide) groups is 1. The fourth-order valence-electron chi connectivity index (χ4n) is 3.66. The Labute approximate surface area is 177 Å². The molecule has 1 saturated heterocycles. The summed E-state index contributed by atoms with van der Waals surface area (Å²) in [6.45, 7) is 0.348. The van der Waals surface area contributed by atoms with Crippen LogP contribution in [0.2, 0.25) is 0 Å². The number of anilines is 1. The summed E-state index contributed by atoms with van der Waals surface area (Å²) < 4.78 is 5.19. The van der Waals surface area contributed by atoms with E-state index in [1.54, 1.807) is 24.1 Å². The Morgan fingerprint density at radius 1 is 1.27 bits per heavy atom. The summed E-state index contributed by atoms with van der Waals surface area (Å²) in [5, 5.41) is 21.6. The Bertz CT molecular complexity index is 1080. The van der Waals surface area contributed by atoms with E-state index in [0.29, 0.717) is 28.7 Å². The first-order valence-corrected chi connectivity index (χ1v) is 10.2. The Balaban J connectivity index is 1.64. The van der Waals surface area contributed by atoms with Crippen LogP contribution in [0.1, 0.15) is 17.9 Å². The van der Waals surface area contributed by atoms with Crippen molar-refractivity contribution in [1.29, 1.82) is 5.26 Å². The molecule has 1 amide bonds. The van der Waals surface area contributed by atoms with Crippen LogP contribution in [0.4, 0.5) is 11.4 Å². The summed E-state index contributed by atoms with van der Waals surface area (Å²) in [6, 6.07) is 16.0. The molecule has 30 heavy (non-hydrogen) atoms. The standard InChI is InChI=1S/C21H18N4O4S/c1-29-17-7-5-15(6-8-17)23-12-24-20(26)10-18(19(11-22)21(24)30-13-23)14-3-2-4-16(9-14)25(27)28/h2-9,18H,10,12-13H2,1H3. The van der Waals surface area contributed by atoms with E-state index in [1.165, 1.54) is 23.9 Å². The number of fused-ring (bicyclic) bond motifs is 1. The van der Waals surface area contributed by atoms with E-state index in [-0.39, 0.29) is 18.0 Å². The van der Waals surface area contributed by atoms with Gasteiger partial charge in [-0.3, -0.25) is 19.8 Å². The number of carbonyl (C=O) groups excluding carboxylic acids is 1. The lowest BCUT2D eigenvalue weighted by atomic mass is 9.86. The van der Waals surface area contributed by atoms with Gasteiger partial charge < -0.3 is 9.64 Å². The molecule has 152 valence electrons. The monoisotopic (exact) mass is 422 g/mol. The molecule has 8 nitrogen and oxygen atoms in total. The Morgan fingerprint density at radius 2 is 2.03 bits per heavy atom. The first-order valence-electron chi connectivity index (χ1n) is 9.22. The lowest BCUT2D eigenvalue weighted by Crippen LogP contribution is -2.47. The number of carbonyl (C=O) groups is 1. The minimum atomic E-state index is -0.478. The molecule has 2 aromatic carbocycles. The topological polar surface area (TPSA) is 99.7 Å². The number of benzene rings is 2. The third kappa shape index (κ3) is 3.57. The van der Waals surface area contributed by atoms with Crippen molar-refractivity contribution in [2.75, 3.05) is 24.6 Å². The molecule has 0 bridgehead atoms. The molecule has 2 aromatic rings. The van der Waals surface area contributed by atoms with Crippen LogP contribution >= 0.6 is 11.8 Å². The molecule has 0 aromatic heterocycles. The van der Waals surface area contributed by atoms with Gasteiger partial charge >= 0.3 is 0 Å². The summed E-state index contributed by atoms with van der Waals surface area (Å²) in [5.41, 5.74) is 2.00. The number of hydrogen-bond donors (Lipinski definition) is 0. The smallest absolute Gasteiger partial charge is 0.269 e. The van der Waals surface area contributed by atoms with Crippen molar-refractivity contribution in [3.8, 4) is 11.8 Å². The second-order valence-corrected chi connectivity index (χ2v) is 7.85. The Morgan fingerprint density at radius 3 is 2.70 bits per heavy atom. The number of nitriles is 1. The molecule has 2 aliphatic heterocycles. The van der Waals surface area contributed by atoms with Gasteiger partial charge in [0, 0.05) is 30.2 Å². The van der Waals surface area contributed by atoms with Crippen molar-refractivity contribution in [3.05, 3.63) is 74.8 Å². The number of allylic oxidation sites excluding steroid dienone is 1. The first kappa shape index (κ1) is 19.8. The molecule has 1 unspecified atom stereocenters. The van der Waals surface area contributed by atoms with Crippen molar-refractivity contribution in [1.82, 2.24) is 4.90 Å². The van der Waals surface area contributed by atoms with Crippen LogP contribution in [0.25, 0.3) is 0 Å². The molecule has 0 saturated carbocycles. The van der Waals surface area contributed by atoms with E-state index in [9.17, 15) is 20.2 Å². The zero-order chi connectivity index (χ0) is 21.3. The molecular formula is C21H18N4O4S. The molecule has 0 N–H and O–H groups in total. The molecule has 1 fully saturated rings. The fraction of sp³-hybridized carbons (Fsp3) is 0.238. The third-order valence-electron chi connectivity index (χ3n) is 5.21. The second kappa shape index (κ2) is 8.08. The highest BCUT2D eigenvalue weighted by Gasteiger charge is 2.38. The fourth-order valence-corrected chi connectivity index (χ4v) is 4.83. The Kier molecular flexibility index (Phi) is 5.33. The van der Waals surface area contributed by atoms with Crippen molar-refractivity contribution in [3.63, 3.8) is 0 Å². The predicted molar refractivity (Wildman–Crippen MR) is 113 cm³/mol. The van der Waals surface area contributed by atoms with Crippen molar-refractivity contribution in [2.24, 2.45) is 0 Å². The van der Waals surface area contributed by atoms with Gasteiger partial charge in [0.2, 0.25) is 5.91 Å². The molecule has 2 heterocycles. The van der Waals surface area contributed by atoms with Gasteiger partial charge in [0.25, 0.3) is 5.69 Å². The van der Waals surface area contributed by atoms with E-state index in [1.807, 2.05) is 29.2 Å². The van der Waals surface area contributed by atoms with Gasteiger partial charge in [0.1, 0.15) is 5.75 Å². The highest BCUT2D eigenvalue weighted by atomic mass is 32.2. The summed E-state index contributed by atoms with van der Waals surface area (Å²) in [4.78, 5) is 27.3. The van der Waals surface area contributed by atoms with Crippen molar-refractivity contribution >= 4 is 29.0 Å². The van der Waals surface area contributed by atoms with E-state index in [2.05, 4.69) is 6.07 Å². The molecule has 0 spiro atoms. The molecule has 9 heteroatoms. The van der Waals surface area contributed by atoms with Crippen molar-refractivity contribution < 1.29 is 14.5 Å². The van der Waals surface area contributed by atoms with Crippen LogP contribution in [-0.2, 0) is 4.79 Å². The summed E-state index contributed by atoms with van der Waals surface area (Å²) >= 11 is 1.43. The van der Waals surface area contributed by atoms with Gasteiger partial charge in [-0.15, -0.1) is 0 Å². The largest absolute Gasteiger partial charge is 0.497 e. The van der Waals surface area contributed by atoms with Gasteiger partial charge in [-0.2, -0.15) is 5.26 Å². The van der Waals surface area contributed by atoms with E-state index in [0.717, 1.165) is 11.4 Å². The number of hydrogen-bond acceptors (Lipinski definition) is 7. The molecule has 1 atom stereocenters. The zero-order valence-corrected chi connectivity index (χ0v) is 17.0. The maximum absolute atomic E-state index is 13.0. The SMILES string of the molecule is COc1ccc(N2CSC3=C(C#N)C(c4cccc([N+](=O)[O-])c4)CC(=O)N3C2)cc1. The van der Waals surface area contributed by atoms with Gasteiger partial charge in [0.05, 0.1) is 41.2 Å². The van der Waals surface area contributed by atoms with Gasteiger partial charge in [-0.05, 0) is 29.8 Å². The normalized spacial score (nSPS) is 18.7. The number of nitrogens with zero attached hydrogens (tertiary/aromatic N) is 4. The summed E-state index contributed by atoms with van der Waals surface area (Å²) in [7, 11) is 1.61. The molecule has 2 aliphatic rings. The minimum absolute atomic E-state index is 0.0494. The highest BCUT2D eigenvalue weighted by molar-refractivity contribution is 8.03. The van der Waals surface area contributed by atoms with Crippen LogP contribution in [-0.4, -0.2) is 35.4 Å². The van der Waals surface area contributed by atoms with Crippen LogP contribution < -0.4 is 9.64 Å². The number of nitro benzene ring substituents is 1. The number of rotatable bonds is 4. The molecule has 0 aliphatic carbocycles. The van der Waals surface area contributed by atoms with Crippen LogP contribution in [0.5, 0.6) is 5.75 Å². The van der Waals surface area contributed by atoms with Crippen LogP contribution in [0.3, 0.4) is 0 Å². The average molecular weight is 422 g/mol. The molecule has 4 rings (SSSR count). The summed E-state index contributed by atoms with van der Waals surface area (Å²) in [5.74, 6) is 0.752. The third-order valence-corrected chi connectivity index (χ3v) is 6.37. The maximum Gasteiger partial charge on any atom is 0.269 e. The maximum atomic E-state index is 13.0. The van der Waals surface area contributed by atoms with Crippen molar-refractivity contribution in [2.45, 2.75) is 12.3 Å². The van der Waals surface area contributed by atoms with Crippen LogP contribution in [0.15, 0.2) is 59.1 Å². The summed E-state index contributed by atoms with van der Waals surface area (Å²) in [6.07, 6.45) is 0.102. The zero-order valence-electron chi connectivity index (χ0n) is 16.1. The number of methoxy groups -OCH3 is 1. The van der Waals surface area contributed by atoms with Crippen LogP contribution in [0, 0.1) is 21.4 Å². The number of non-ortho nitro benzene ring substituents is 1. The number of amides is 1. The second-order valence-electron chi connectivity index (χ2n) is 6.91.